The smallest absolute Gasteiger partial charge is 0.345 e. The Bertz CT molecular complexity index is 543. The molecule has 0 fully saturated rings. The lowest BCUT2D eigenvalue weighted by atomic mass is 10.0. The van der Waals surface area contributed by atoms with Gasteiger partial charge in [0.1, 0.15) is 5.56 Å². The van der Waals surface area contributed by atoms with E-state index in [-0.39, 0.29) is 5.95 Å². The second-order valence-electron chi connectivity index (χ2n) is 4.10. The quantitative estimate of drug-likeness (QED) is 0.776. The summed E-state index contributed by atoms with van der Waals surface area (Å²) in [5, 5.41) is 0. The van der Waals surface area contributed by atoms with E-state index in [9.17, 15) is 4.79 Å². The van der Waals surface area contributed by atoms with E-state index in [4.69, 9.17) is 13.9 Å². The maximum absolute atomic E-state index is 11.7. The fourth-order valence-electron chi connectivity index (χ4n) is 1.95. The van der Waals surface area contributed by atoms with Gasteiger partial charge in [-0.3, -0.25) is 0 Å². The normalized spacial score (nSPS) is 10.2. The van der Waals surface area contributed by atoms with Crippen molar-refractivity contribution in [3.8, 4) is 5.95 Å². The number of methoxy groups -OCH3 is 2. The summed E-state index contributed by atoms with van der Waals surface area (Å²) in [7, 11) is 2.81. The van der Waals surface area contributed by atoms with E-state index < -0.39 is 5.97 Å². The Balaban J connectivity index is 2.16. The summed E-state index contributed by atoms with van der Waals surface area (Å²) in [5.41, 5.74) is 2.38. The largest absolute Gasteiger partial charge is 0.468 e. The highest BCUT2D eigenvalue weighted by atomic mass is 16.6. The molecule has 100 valence electrons. The molecule has 2 aromatic rings. The van der Waals surface area contributed by atoms with Crippen LogP contribution in [0.5, 0.6) is 5.95 Å². The first kappa shape index (κ1) is 13.2. The van der Waals surface area contributed by atoms with Gasteiger partial charge in [-0.2, -0.15) is 0 Å². The molecule has 0 aliphatic heterocycles. The first-order chi connectivity index (χ1) is 9.26. The van der Waals surface area contributed by atoms with Gasteiger partial charge in [0.25, 0.3) is 5.95 Å². The second kappa shape index (κ2) is 6.09. The standard InChI is InChI=1S/C15H16O4/c1-17-14(16)13-12(10-19-15(13)18-2)9-8-11-6-4-3-5-7-11/h3-7,10H,8-9H2,1-2H3. The van der Waals surface area contributed by atoms with Crippen LogP contribution >= 0.6 is 0 Å². The molecule has 2 rings (SSSR count). The average molecular weight is 260 g/mol. The van der Waals surface area contributed by atoms with Crippen LogP contribution in [-0.2, 0) is 17.6 Å². The lowest BCUT2D eigenvalue weighted by Crippen LogP contribution is -2.06. The molecule has 0 aliphatic rings. The minimum Gasteiger partial charge on any atom is -0.468 e. The van der Waals surface area contributed by atoms with Crippen LogP contribution in [-0.4, -0.2) is 20.2 Å². The molecule has 0 radical (unpaired) electrons. The monoisotopic (exact) mass is 260 g/mol. The Kier molecular flexibility index (Phi) is 4.23. The van der Waals surface area contributed by atoms with Gasteiger partial charge in [-0.25, -0.2) is 4.79 Å². The summed E-state index contributed by atoms with van der Waals surface area (Å²) in [6, 6.07) is 10.1. The van der Waals surface area contributed by atoms with Gasteiger partial charge < -0.3 is 13.9 Å². The molecular weight excluding hydrogens is 244 g/mol. The number of carbonyl (C=O) groups excluding carboxylic acids is 1. The number of benzene rings is 1. The zero-order chi connectivity index (χ0) is 13.7. The molecule has 0 amide bonds. The average Bonchev–Trinajstić information content (AvgIpc) is 2.88. The third-order valence-electron chi connectivity index (χ3n) is 2.93. The third kappa shape index (κ3) is 2.96. The summed E-state index contributed by atoms with van der Waals surface area (Å²) in [6.07, 6.45) is 3.07. The van der Waals surface area contributed by atoms with Crippen molar-refractivity contribution >= 4 is 5.97 Å². The van der Waals surface area contributed by atoms with E-state index in [0.29, 0.717) is 12.0 Å². The van der Waals surface area contributed by atoms with Gasteiger partial charge in [-0.15, -0.1) is 0 Å². The van der Waals surface area contributed by atoms with Crippen LogP contribution in [0.15, 0.2) is 41.0 Å². The van der Waals surface area contributed by atoms with Crippen molar-refractivity contribution in [2.75, 3.05) is 14.2 Å². The molecule has 0 saturated carbocycles. The van der Waals surface area contributed by atoms with E-state index in [2.05, 4.69) is 12.1 Å². The molecule has 1 heterocycles. The summed E-state index contributed by atoms with van der Waals surface area (Å²) in [6.45, 7) is 0. The highest BCUT2D eigenvalue weighted by Crippen LogP contribution is 2.26. The van der Waals surface area contributed by atoms with Gasteiger partial charge in [-0.1, -0.05) is 30.3 Å². The van der Waals surface area contributed by atoms with Gasteiger partial charge in [-0.05, 0) is 18.4 Å². The van der Waals surface area contributed by atoms with Crippen LogP contribution < -0.4 is 4.74 Å². The zero-order valence-electron chi connectivity index (χ0n) is 11.0. The number of ether oxygens (including phenoxy) is 2. The fraction of sp³-hybridized carbons (Fsp3) is 0.267. The summed E-state index contributed by atoms with van der Waals surface area (Å²) in [5.74, 6) is -0.233. The van der Waals surface area contributed by atoms with E-state index in [1.165, 1.54) is 19.8 Å². The molecule has 1 aromatic heterocycles. The number of esters is 1. The lowest BCUT2D eigenvalue weighted by Gasteiger charge is -2.03. The summed E-state index contributed by atoms with van der Waals surface area (Å²) >= 11 is 0. The molecule has 4 nitrogen and oxygen atoms in total. The van der Waals surface area contributed by atoms with E-state index in [1.54, 1.807) is 6.26 Å². The molecule has 0 unspecified atom stereocenters. The van der Waals surface area contributed by atoms with E-state index >= 15 is 0 Å². The minimum absolute atomic E-state index is 0.204. The lowest BCUT2D eigenvalue weighted by molar-refractivity contribution is 0.0593. The number of rotatable bonds is 5. The van der Waals surface area contributed by atoms with Crippen molar-refractivity contribution in [2.45, 2.75) is 12.8 Å². The number of aryl methyl sites for hydroxylation is 2. The number of furan rings is 1. The highest BCUT2D eigenvalue weighted by Gasteiger charge is 2.22. The van der Waals surface area contributed by atoms with Gasteiger partial charge in [0, 0.05) is 5.56 Å². The predicted octanol–water partition coefficient (Wildman–Crippen LogP) is 2.86. The predicted molar refractivity (Wildman–Crippen MR) is 70.4 cm³/mol. The van der Waals surface area contributed by atoms with Crippen LogP contribution in [0.25, 0.3) is 0 Å². The van der Waals surface area contributed by atoms with Crippen LogP contribution in [0.3, 0.4) is 0 Å². The minimum atomic E-state index is -0.436. The SMILES string of the molecule is COC(=O)c1c(CCc2ccccc2)coc1OC. The zero-order valence-corrected chi connectivity index (χ0v) is 11.0. The Hall–Kier alpha value is -2.23. The molecular formula is C15H16O4. The molecule has 19 heavy (non-hydrogen) atoms. The van der Waals surface area contributed by atoms with E-state index in [1.807, 2.05) is 18.2 Å². The van der Waals surface area contributed by atoms with Gasteiger partial charge >= 0.3 is 5.97 Å². The Morgan fingerprint density at radius 1 is 1.16 bits per heavy atom. The van der Waals surface area contributed by atoms with Crippen LogP contribution in [0.1, 0.15) is 21.5 Å². The van der Waals surface area contributed by atoms with Gasteiger partial charge in [0.05, 0.1) is 20.5 Å². The Labute approximate surface area is 111 Å². The maximum atomic E-state index is 11.7. The first-order valence-corrected chi connectivity index (χ1v) is 6.03. The summed E-state index contributed by atoms with van der Waals surface area (Å²) in [4.78, 5) is 11.7. The van der Waals surface area contributed by atoms with Crippen molar-refractivity contribution in [2.24, 2.45) is 0 Å². The molecule has 0 N–H and O–H groups in total. The third-order valence-corrected chi connectivity index (χ3v) is 2.93. The molecule has 1 aromatic carbocycles. The molecule has 4 heteroatoms. The molecule has 0 saturated heterocycles. The van der Waals surface area contributed by atoms with Crippen molar-refractivity contribution < 1.29 is 18.7 Å². The molecule has 0 spiro atoms. The number of carbonyl (C=O) groups is 1. The molecule has 0 atom stereocenters. The first-order valence-electron chi connectivity index (χ1n) is 6.03. The highest BCUT2D eigenvalue weighted by molar-refractivity contribution is 5.93. The van der Waals surface area contributed by atoms with Crippen molar-refractivity contribution in [1.29, 1.82) is 0 Å². The molecule has 0 aliphatic carbocycles. The van der Waals surface area contributed by atoms with Crippen molar-refractivity contribution in [1.82, 2.24) is 0 Å². The van der Waals surface area contributed by atoms with Crippen LogP contribution in [0.4, 0.5) is 0 Å². The Morgan fingerprint density at radius 2 is 1.89 bits per heavy atom. The Morgan fingerprint density at radius 3 is 2.53 bits per heavy atom. The fourth-order valence-corrected chi connectivity index (χ4v) is 1.95. The molecule has 0 bridgehead atoms. The van der Waals surface area contributed by atoms with Crippen LogP contribution in [0.2, 0.25) is 0 Å². The van der Waals surface area contributed by atoms with Gasteiger partial charge in [0.2, 0.25) is 0 Å². The van der Waals surface area contributed by atoms with Crippen molar-refractivity contribution in [3.63, 3.8) is 0 Å². The number of hydrogen-bond acceptors (Lipinski definition) is 4. The van der Waals surface area contributed by atoms with Crippen molar-refractivity contribution in [3.05, 3.63) is 53.3 Å². The summed E-state index contributed by atoms with van der Waals surface area (Å²) < 4.78 is 15.0. The number of hydrogen-bond donors (Lipinski definition) is 0. The topological polar surface area (TPSA) is 48.7 Å². The van der Waals surface area contributed by atoms with Crippen LogP contribution in [0, 0.1) is 0 Å². The second-order valence-corrected chi connectivity index (χ2v) is 4.10. The van der Waals surface area contributed by atoms with Gasteiger partial charge in [0.15, 0.2) is 0 Å². The van der Waals surface area contributed by atoms with E-state index in [0.717, 1.165) is 12.0 Å². The maximum Gasteiger partial charge on any atom is 0.345 e.